The summed E-state index contributed by atoms with van der Waals surface area (Å²) in [4.78, 5) is 0. The number of rotatable bonds is 0. The fourth-order valence-electron chi connectivity index (χ4n) is 0.321. The van der Waals surface area contributed by atoms with Gasteiger partial charge in [0.2, 0.25) is 0 Å². The van der Waals surface area contributed by atoms with E-state index in [1.165, 1.54) is 0 Å². The van der Waals surface area contributed by atoms with Crippen molar-refractivity contribution >= 4 is 23.1 Å². The van der Waals surface area contributed by atoms with E-state index in [0.29, 0.717) is 0 Å². The minimum atomic E-state index is 0. The molecule has 0 atom stereocenters. The summed E-state index contributed by atoms with van der Waals surface area (Å²) >= 11 is 0. The Balaban J connectivity index is 0. The van der Waals surface area contributed by atoms with Gasteiger partial charge in [-0.1, -0.05) is 0 Å². The molecule has 0 nitrogen and oxygen atoms in total. The van der Waals surface area contributed by atoms with Crippen molar-refractivity contribution in [1.29, 1.82) is 0 Å². The average Bonchev–Trinajstić information content (AvgIpc) is 2.17. The second-order valence-corrected chi connectivity index (χ2v) is 1.54. The van der Waals surface area contributed by atoms with Gasteiger partial charge in [0.15, 0.2) is 0 Å². The zero-order valence-corrected chi connectivity index (χ0v) is 7.59. The molecular weight excluding hydrogens is 120 g/mol. The molecule has 1 aromatic rings. The van der Waals surface area contributed by atoms with Crippen LogP contribution in [0.25, 0.3) is 0 Å². The normalized spacial score (nSPS) is 6.44. The molecule has 0 spiro atoms. The molecule has 0 saturated carbocycles. The van der Waals surface area contributed by atoms with Crippen molar-refractivity contribution < 1.29 is 0 Å². The van der Waals surface area contributed by atoms with Crippen molar-refractivity contribution in [1.82, 2.24) is 0 Å². The maximum absolute atomic E-state index is 2.00. The third-order valence-corrected chi connectivity index (χ3v) is 0.556. The molecule has 0 bridgehead atoms. The second kappa shape index (κ2) is 11.0. The van der Waals surface area contributed by atoms with E-state index in [1.54, 1.807) is 0 Å². The summed E-state index contributed by atoms with van der Waals surface area (Å²) in [6.07, 6.45) is 2.00. The van der Waals surface area contributed by atoms with Gasteiger partial charge in [-0.15, -0.1) is 0 Å². The van der Waals surface area contributed by atoms with Crippen LogP contribution in [0.15, 0.2) is 30.3 Å². The Morgan fingerprint density at radius 2 is 1.44 bits per heavy atom. The molecule has 1 aromatic carbocycles. The molecule has 0 N–H and O–H groups in total. The summed E-state index contributed by atoms with van der Waals surface area (Å²) in [6.45, 7) is 4.00. The van der Waals surface area contributed by atoms with Gasteiger partial charge in [-0.3, -0.25) is 0 Å². The zero-order valence-electron chi connectivity index (χ0n) is 6.17. The third-order valence-electron chi connectivity index (χ3n) is 0.556. The van der Waals surface area contributed by atoms with Gasteiger partial charge < -0.3 is 6.42 Å². The standard InChI is InChI=1S/C5H5.C3H7.Mg/c1-2-4-5-3-1;1-3-2;/h1-5H;3H,1-2H3;/q2*-1;+2. The molecule has 0 aromatic heterocycles. The first kappa shape index (κ1) is 11.9. The van der Waals surface area contributed by atoms with Crippen molar-refractivity contribution in [2.45, 2.75) is 13.8 Å². The van der Waals surface area contributed by atoms with Crippen LogP contribution in [0.4, 0.5) is 0 Å². The minimum Gasteiger partial charge on any atom is -0.335 e. The monoisotopic (exact) mass is 132 g/mol. The Kier molecular flexibility index (Phi) is 14.5. The summed E-state index contributed by atoms with van der Waals surface area (Å²) in [5, 5.41) is 0. The van der Waals surface area contributed by atoms with Gasteiger partial charge in [0, 0.05) is 0 Å². The molecule has 0 heterocycles. The van der Waals surface area contributed by atoms with E-state index in [9.17, 15) is 0 Å². The van der Waals surface area contributed by atoms with Crippen molar-refractivity contribution in [3.63, 3.8) is 0 Å². The van der Waals surface area contributed by atoms with Gasteiger partial charge >= 0.3 is 23.1 Å². The molecule has 0 fully saturated rings. The van der Waals surface area contributed by atoms with E-state index < -0.39 is 0 Å². The summed E-state index contributed by atoms with van der Waals surface area (Å²) in [5.74, 6) is 0. The van der Waals surface area contributed by atoms with Crippen LogP contribution in [0.1, 0.15) is 13.8 Å². The first-order valence-electron chi connectivity index (χ1n) is 2.82. The SMILES string of the molecule is C[CH-]C.[Mg+2].c1cc[cH-]c1. The zero-order chi connectivity index (χ0) is 6.24. The molecule has 0 amide bonds. The molecule has 9 heavy (non-hydrogen) atoms. The Morgan fingerprint density at radius 1 is 1.11 bits per heavy atom. The van der Waals surface area contributed by atoms with Crippen LogP contribution in [0, 0.1) is 6.42 Å². The van der Waals surface area contributed by atoms with Gasteiger partial charge in [-0.05, 0) is 0 Å². The third kappa shape index (κ3) is 11.6. The quantitative estimate of drug-likeness (QED) is 0.375. The van der Waals surface area contributed by atoms with E-state index in [4.69, 9.17) is 0 Å². The fraction of sp³-hybridized carbons (Fsp3) is 0.250. The average molecular weight is 132 g/mol. The molecule has 0 radical (unpaired) electrons. The molecule has 46 valence electrons. The smallest absolute Gasteiger partial charge is 0.335 e. The van der Waals surface area contributed by atoms with Crippen LogP contribution < -0.4 is 0 Å². The molecule has 0 unspecified atom stereocenters. The summed E-state index contributed by atoms with van der Waals surface area (Å²) < 4.78 is 0. The van der Waals surface area contributed by atoms with Crippen LogP contribution in [-0.2, 0) is 0 Å². The van der Waals surface area contributed by atoms with Crippen molar-refractivity contribution in [2.75, 3.05) is 0 Å². The molecule has 0 saturated heterocycles. The predicted molar refractivity (Wildman–Crippen MR) is 43.4 cm³/mol. The Labute approximate surface area is 73.8 Å². The van der Waals surface area contributed by atoms with Crippen LogP contribution in [0.2, 0.25) is 0 Å². The number of hydrogen-bond donors (Lipinski definition) is 0. The first-order valence-corrected chi connectivity index (χ1v) is 2.82. The van der Waals surface area contributed by atoms with Crippen LogP contribution in [0.5, 0.6) is 0 Å². The van der Waals surface area contributed by atoms with Crippen LogP contribution in [0.3, 0.4) is 0 Å². The van der Waals surface area contributed by atoms with E-state index >= 15 is 0 Å². The van der Waals surface area contributed by atoms with Crippen molar-refractivity contribution in [3.05, 3.63) is 36.8 Å². The molecular formula is C8H12Mg. The molecule has 0 aliphatic carbocycles. The van der Waals surface area contributed by atoms with Gasteiger partial charge in [0.05, 0.1) is 0 Å². The van der Waals surface area contributed by atoms with E-state index in [1.807, 2.05) is 50.6 Å². The predicted octanol–water partition coefficient (Wildman–Crippen LogP) is 2.26. The maximum Gasteiger partial charge on any atom is 2.00 e. The van der Waals surface area contributed by atoms with Gasteiger partial charge in [0.25, 0.3) is 0 Å². The first-order chi connectivity index (χ1) is 3.91. The molecule has 1 rings (SSSR count). The van der Waals surface area contributed by atoms with Gasteiger partial charge in [-0.25, -0.2) is 12.1 Å². The van der Waals surface area contributed by atoms with E-state index in [-0.39, 0.29) is 23.1 Å². The molecule has 0 aliphatic heterocycles. The minimum absolute atomic E-state index is 0. The summed E-state index contributed by atoms with van der Waals surface area (Å²) in [7, 11) is 0. The summed E-state index contributed by atoms with van der Waals surface area (Å²) in [5.41, 5.74) is 0. The van der Waals surface area contributed by atoms with Crippen LogP contribution >= 0.6 is 0 Å². The van der Waals surface area contributed by atoms with E-state index in [2.05, 4.69) is 0 Å². The topological polar surface area (TPSA) is 0 Å². The molecule has 0 aliphatic rings. The summed E-state index contributed by atoms with van der Waals surface area (Å²) in [6, 6.07) is 10.0. The Hall–Kier alpha value is 0.116. The maximum atomic E-state index is 2.00. The van der Waals surface area contributed by atoms with Gasteiger partial charge in [-0.2, -0.15) is 32.0 Å². The second-order valence-electron chi connectivity index (χ2n) is 1.54. The Morgan fingerprint density at radius 3 is 1.56 bits per heavy atom. The van der Waals surface area contributed by atoms with Gasteiger partial charge in [0.1, 0.15) is 0 Å². The number of hydrogen-bond acceptors (Lipinski definition) is 0. The Bertz CT molecular complexity index is 71.5. The largest absolute Gasteiger partial charge is 2.00 e. The van der Waals surface area contributed by atoms with E-state index in [0.717, 1.165) is 0 Å². The van der Waals surface area contributed by atoms with Crippen molar-refractivity contribution in [2.24, 2.45) is 0 Å². The van der Waals surface area contributed by atoms with Crippen molar-refractivity contribution in [3.8, 4) is 0 Å². The fourth-order valence-corrected chi connectivity index (χ4v) is 0.321. The van der Waals surface area contributed by atoms with Crippen LogP contribution in [-0.4, -0.2) is 23.1 Å². The molecule has 1 heteroatoms.